The van der Waals surface area contributed by atoms with Crippen molar-refractivity contribution < 1.29 is 24.5 Å². The average molecular weight is 559 g/mol. The minimum absolute atomic E-state index is 0.206. The second-order valence-corrected chi connectivity index (χ2v) is 10.5. The number of thiazole rings is 1. The van der Waals surface area contributed by atoms with Crippen LogP contribution < -0.4 is 14.8 Å². The van der Waals surface area contributed by atoms with Gasteiger partial charge in [0.1, 0.15) is 18.1 Å². The van der Waals surface area contributed by atoms with Crippen molar-refractivity contribution in [3.63, 3.8) is 0 Å². The fraction of sp³-hybridized carbons (Fsp3) is 0.300. The summed E-state index contributed by atoms with van der Waals surface area (Å²) in [5, 5.41) is 31.6. The van der Waals surface area contributed by atoms with E-state index in [2.05, 4.69) is 21.3 Å². The molecule has 1 aliphatic rings. The third-order valence-electron chi connectivity index (χ3n) is 6.81. The molecule has 5 rings (SSSR count). The van der Waals surface area contributed by atoms with Crippen LogP contribution in [0, 0.1) is 11.3 Å². The van der Waals surface area contributed by atoms with Crippen LogP contribution in [0.4, 0.5) is 5.13 Å². The zero-order chi connectivity index (χ0) is 27.9. The lowest BCUT2D eigenvalue weighted by Crippen LogP contribution is -2.25. The fourth-order valence-corrected chi connectivity index (χ4v) is 5.55. The van der Waals surface area contributed by atoms with Gasteiger partial charge in [-0.25, -0.2) is 4.98 Å². The van der Waals surface area contributed by atoms with E-state index < -0.39 is 12.0 Å². The number of hydrogen-bond acceptors (Lipinski definition) is 9. The Bertz CT molecular complexity index is 1450. The van der Waals surface area contributed by atoms with Crippen molar-refractivity contribution in [1.29, 1.82) is 5.26 Å². The quantitative estimate of drug-likeness (QED) is 0.247. The van der Waals surface area contributed by atoms with Crippen LogP contribution in [-0.4, -0.2) is 52.2 Å². The zero-order valence-corrected chi connectivity index (χ0v) is 22.7. The molecule has 0 aliphatic carbocycles. The van der Waals surface area contributed by atoms with Crippen molar-refractivity contribution in [1.82, 2.24) is 9.88 Å². The number of aliphatic hydroxyl groups excluding tert-OH is 2. The first-order chi connectivity index (χ1) is 19.6. The molecule has 1 fully saturated rings. The number of aliphatic hydroxyl groups is 2. The van der Waals surface area contributed by atoms with E-state index in [1.54, 1.807) is 48.5 Å². The number of nitrogens with zero attached hydrogens (tertiary/aromatic N) is 3. The molecule has 3 aromatic carbocycles. The Balaban J connectivity index is 1.31. The molecule has 0 radical (unpaired) electrons. The Labute approximate surface area is 236 Å². The molecular weight excluding hydrogens is 528 g/mol. The summed E-state index contributed by atoms with van der Waals surface area (Å²) in [4.78, 5) is 20.4. The van der Waals surface area contributed by atoms with Gasteiger partial charge in [0.2, 0.25) is 6.10 Å². The highest BCUT2D eigenvalue weighted by molar-refractivity contribution is 7.22. The highest BCUT2D eigenvalue weighted by Crippen LogP contribution is 2.31. The first-order valence-corrected chi connectivity index (χ1v) is 13.9. The smallest absolute Gasteiger partial charge is 0.271 e. The molecule has 1 atom stereocenters. The normalized spacial score (nSPS) is 14.1. The Morgan fingerprint density at radius 2 is 1.70 bits per heavy atom. The summed E-state index contributed by atoms with van der Waals surface area (Å²) in [7, 11) is 0. The summed E-state index contributed by atoms with van der Waals surface area (Å²) in [6.07, 6.45) is 1.48. The van der Waals surface area contributed by atoms with Gasteiger partial charge in [0.05, 0.1) is 35.1 Å². The molecule has 2 heterocycles. The fourth-order valence-electron chi connectivity index (χ4n) is 4.63. The zero-order valence-electron chi connectivity index (χ0n) is 21.9. The van der Waals surface area contributed by atoms with Crippen molar-refractivity contribution in [2.24, 2.45) is 0 Å². The molecule has 0 saturated carbocycles. The van der Waals surface area contributed by atoms with E-state index in [1.165, 1.54) is 24.2 Å². The molecule has 4 aromatic rings. The molecule has 1 aromatic heterocycles. The number of fused-ring (bicyclic) bond motifs is 1. The van der Waals surface area contributed by atoms with Crippen molar-refractivity contribution >= 4 is 32.6 Å². The van der Waals surface area contributed by atoms with E-state index in [9.17, 15) is 20.3 Å². The van der Waals surface area contributed by atoms with Crippen LogP contribution in [0.15, 0.2) is 60.7 Å². The Morgan fingerprint density at radius 3 is 2.38 bits per heavy atom. The number of nitrogens with one attached hydrogen (secondary N) is 1. The third kappa shape index (κ3) is 6.58. The molecule has 0 bridgehead atoms. The molecule has 3 N–H and O–H groups in total. The summed E-state index contributed by atoms with van der Waals surface area (Å²) in [5.41, 5.74) is 2.86. The molecule has 1 saturated heterocycles. The highest BCUT2D eigenvalue weighted by Gasteiger charge is 2.24. The molecule has 206 valence electrons. The maximum absolute atomic E-state index is 13.5. The van der Waals surface area contributed by atoms with E-state index in [1.807, 2.05) is 12.1 Å². The second kappa shape index (κ2) is 12.9. The van der Waals surface area contributed by atoms with Crippen LogP contribution in [0.3, 0.4) is 0 Å². The predicted octanol–water partition coefficient (Wildman–Crippen LogP) is 4.39. The lowest BCUT2D eigenvalue weighted by Gasteiger charge is -2.19. The van der Waals surface area contributed by atoms with E-state index in [4.69, 9.17) is 9.47 Å². The van der Waals surface area contributed by atoms with Gasteiger partial charge >= 0.3 is 0 Å². The Kier molecular flexibility index (Phi) is 8.88. The molecule has 40 heavy (non-hydrogen) atoms. The van der Waals surface area contributed by atoms with Gasteiger partial charge in [0.15, 0.2) is 5.13 Å². The number of carbonyl (C=O) groups excluding carboxylic acids is 1. The minimum Gasteiger partial charge on any atom is -0.492 e. The molecule has 10 heteroatoms. The lowest BCUT2D eigenvalue weighted by molar-refractivity contribution is -0.123. The van der Waals surface area contributed by atoms with Gasteiger partial charge in [-0.05, 0) is 85.6 Å². The van der Waals surface area contributed by atoms with Crippen molar-refractivity contribution in [3.05, 3.63) is 82.9 Å². The number of aromatic nitrogens is 1. The average Bonchev–Trinajstić information content (AvgIpc) is 3.65. The van der Waals surface area contributed by atoms with Gasteiger partial charge in [-0.15, -0.1) is 0 Å². The van der Waals surface area contributed by atoms with E-state index in [0.29, 0.717) is 45.3 Å². The number of likely N-dealkylation sites (tertiary alicyclic amines) is 1. The molecule has 1 aliphatic heterocycles. The summed E-state index contributed by atoms with van der Waals surface area (Å²) in [6, 6.07) is 19.4. The largest absolute Gasteiger partial charge is 0.492 e. The van der Waals surface area contributed by atoms with Crippen LogP contribution in [0.1, 0.15) is 41.2 Å². The van der Waals surface area contributed by atoms with Crippen LogP contribution in [-0.2, 0) is 18.0 Å². The predicted molar refractivity (Wildman–Crippen MR) is 152 cm³/mol. The molecular formula is C30H30N4O5S. The highest BCUT2D eigenvalue weighted by atomic mass is 32.1. The Morgan fingerprint density at radius 1 is 1.02 bits per heavy atom. The second-order valence-electron chi connectivity index (χ2n) is 9.51. The van der Waals surface area contributed by atoms with E-state index in [-0.39, 0.29) is 13.2 Å². The van der Waals surface area contributed by atoms with Gasteiger partial charge in [0, 0.05) is 12.1 Å². The molecule has 1 amide bonds. The lowest BCUT2D eigenvalue weighted by atomic mass is 10.1. The number of hydrogen-bond donors (Lipinski definition) is 3. The number of benzene rings is 3. The van der Waals surface area contributed by atoms with Crippen LogP contribution in [0.5, 0.6) is 11.5 Å². The van der Waals surface area contributed by atoms with Gasteiger partial charge in [-0.1, -0.05) is 23.5 Å². The summed E-state index contributed by atoms with van der Waals surface area (Å²) >= 11 is 1.26. The van der Waals surface area contributed by atoms with Crippen molar-refractivity contribution in [3.8, 4) is 17.6 Å². The van der Waals surface area contributed by atoms with Crippen LogP contribution in [0.2, 0.25) is 0 Å². The number of carbonyl (C=O) groups is 1. The topological polar surface area (TPSA) is 128 Å². The van der Waals surface area contributed by atoms with Crippen LogP contribution in [0.25, 0.3) is 10.2 Å². The Hall–Kier alpha value is -4.01. The van der Waals surface area contributed by atoms with Crippen molar-refractivity contribution in [2.45, 2.75) is 32.2 Å². The number of rotatable bonds is 11. The molecule has 9 nitrogen and oxygen atoms in total. The number of amides is 1. The first kappa shape index (κ1) is 27.6. The van der Waals surface area contributed by atoms with Gasteiger partial charge in [-0.3, -0.25) is 15.0 Å². The van der Waals surface area contributed by atoms with Gasteiger partial charge < -0.3 is 19.7 Å². The van der Waals surface area contributed by atoms with Crippen molar-refractivity contribution in [2.75, 3.05) is 31.6 Å². The molecule has 0 spiro atoms. The third-order valence-corrected chi connectivity index (χ3v) is 7.75. The minimum atomic E-state index is -1.01. The van der Waals surface area contributed by atoms with Gasteiger partial charge in [-0.2, -0.15) is 5.26 Å². The first-order valence-electron chi connectivity index (χ1n) is 13.1. The van der Waals surface area contributed by atoms with Gasteiger partial charge in [0.25, 0.3) is 5.91 Å². The monoisotopic (exact) mass is 558 g/mol. The van der Waals surface area contributed by atoms with E-state index >= 15 is 0 Å². The van der Waals surface area contributed by atoms with Crippen LogP contribution >= 0.6 is 11.3 Å². The summed E-state index contributed by atoms with van der Waals surface area (Å²) in [5.74, 6) is 0.783. The number of nitriles is 1. The number of ether oxygens (including phenoxy) is 2. The molecule has 1 unspecified atom stereocenters. The van der Waals surface area contributed by atoms with E-state index in [0.717, 1.165) is 30.1 Å². The number of anilines is 1. The summed E-state index contributed by atoms with van der Waals surface area (Å²) < 4.78 is 12.8. The maximum atomic E-state index is 13.5. The SMILES string of the molecule is N#Cc1ccc(C(Oc2ccc(OCCN3CCCC3)cc2)C(=O)Nc2nc3cc(CO)c(CO)cc3s2)cc1. The maximum Gasteiger partial charge on any atom is 0.271 e. The standard InChI is InChI=1S/C30H30N4O5S/c31-17-20-3-5-21(6-4-20)28(39-25-9-7-24(8-10-25)38-14-13-34-11-1-2-12-34)29(37)33-30-32-26-15-22(18-35)23(19-36)16-27(26)40-30/h3-10,15-16,28,35-36H,1-2,11-14,18-19H2,(H,32,33,37). The summed E-state index contributed by atoms with van der Waals surface area (Å²) in [6.45, 7) is 3.33.